The third-order valence-electron chi connectivity index (χ3n) is 2.84. The molecule has 0 aliphatic carbocycles. The molecule has 0 fully saturated rings. The third-order valence-corrected chi connectivity index (χ3v) is 4.78. The Hall–Kier alpha value is -1.34. The summed E-state index contributed by atoms with van der Waals surface area (Å²) in [6, 6.07) is 1.08. The minimum atomic E-state index is -3.76. The van der Waals surface area contributed by atoms with Gasteiger partial charge in [-0.05, 0) is 18.8 Å². The largest absolute Gasteiger partial charge is 0.475 e. The molecule has 6 nitrogen and oxygen atoms in total. The van der Waals surface area contributed by atoms with E-state index in [4.69, 9.17) is 9.52 Å². The van der Waals surface area contributed by atoms with Crippen LogP contribution in [0.1, 0.15) is 44.0 Å². The lowest BCUT2D eigenvalue weighted by Crippen LogP contribution is -2.37. The molecule has 0 radical (unpaired) electrons. The minimum Gasteiger partial charge on any atom is -0.475 e. The van der Waals surface area contributed by atoms with Crippen molar-refractivity contribution in [1.82, 2.24) is 4.31 Å². The van der Waals surface area contributed by atoms with Crippen molar-refractivity contribution in [1.29, 1.82) is 0 Å². The second kappa shape index (κ2) is 6.62. The highest BCUT2D eigenvalue weighted by Crippen LogP contribution is 2.25. The standard InChI is InChI=1S/C14H23NO5S/c1-9(2)7-15(8-10(3)4)21(18,19)13-6-12(14(16)17)20-11(13)5/h6,9-10H,7-8H2,1-5H3,(H,16,17). The van der Waals surface area contributed by atoms with Crippen LogP contribution >= 0.6 is 0 Å². The SMILES string of the molecule is Cc1oc(C(=O)O)cc1S(=O)(=O)N(CC(C)C)CC(C)C. The normalized spacial score (nSPS) is 12.6. The number of rotatable bonds is 7. The molecule has 1 heterocycles. The van der Waals surface area contributed by atoms with Gasteiger partial charge in [0.15, 0.2) is 0 Å². The summed E-state index contributed by atoms with van der Waals surface area (Å²) in [6.45, 7) is 9.98. The van der Waals surface area contributed by atoms with E-state index >= 15 is 0 Å². The maximum Gasteiger partial charge on any atom is 0.371 e. The Morgan fingerprint density at radius 1 is 1.24 bits per heavy atom. The summed E-state index contributed by atoms with van der Waals surface area (Å²) in [5.41, 5.74) is 0. The van der Waals surface area contributed by atoms with Crippen molar-refractivity contribution in [2.45, 2.75) is 39.5 Å². The van der Waals surface area contributed by atoms with Crippen LogP contribution in [-0.2, 0) is 10.0 Å². The quantitative estimate of drug-likeness (QED) is 0.835. The minimum absolute atomic E-state index is 0.0683. The Kier molecular flexibility index (Phi) is 5.58. The lowest BCUT2D eigenvalue weighted by molar-refractivity contribution is 0.0661. The lowest BCUT2D eigenvalue weighted by atomic mass is 10.2. The highest BCUT2D eigenvalue weighted by Gasteiger charge is 2.30. The number of aromatic carboxylic acids is 1. The summed E-state index contributed by atoms with van der Waals surface area (Å²) in [6.07, 6.45) is 0. The van der Waals surface area contributed by atoms with E-state index in [2.05, 4.69) is 0 Å². The van der Waals surface area contributed by atoms with Gasteiger partial charge in [-0.1, -0.05) is 27.7 Å². The van der Waals surface area contributed by atoms with Crippen LogP contribution < -0.4 is 0 Å². The summed E-state index contributed by atoms with van der Waals surface area (Å²) in [5.74, 6) is -1.20. The number of carboxylic acid groups (broad SMARTS) is 1. The molecule has 0 aliphatic heterocycles. The predicted molar refractivity (Wildman–Crippen MR) is 78.8 cm³/mol. The van der Waals surface area contributed by atoms with E-state index in [1.807, 2.05) is 27.7 Å². The number of furan rings is 1. The molecule has 0 spiro atoms. The molecule has 1 N–H and O–H groups in total. The van der Waals surface area contributed by atoms with Crippen LogP contribution in [0.4, 0.5) is 0 Å². The fourth-order valence-corrected chi connectivity index (χ4v) is 3.98. The van der Waals surface area contributed by atoms with Gasteiger partial charge in [0, 0.05) is 19.2 Å². The zero-order valence-electron chi connectivity index (χ0n) is 13.1. The summed E-state index contributed by atoms with van der Waals surface area (Å²) < 4.78 is 31.9. The molecule has 21 heavy (non-hydrogen) atoms. The molecule has 120 valence electrons. The molecule has 1 aromatic heterocycles. The molecule has 0 aliphatic rings. The average molecular weight is 317 g/mol. The smallest absolute Gasteiger partial charge is 0.371 e. The summed E-state index contributed by atoms with van der Waals surface area (Å²) in [5, 5.41) is 8.92. The molecule has 1 rings (SSSR count). The van der Waals surface area contributed by atoms with Crippen LogP contribution in [-0.4, -0.2) is 36.9 Å². The molecular formula is C14H23NO5S. The van der Waals surface area contributed by atoms with Gasteiger partial charge in [0.25, 0.3) is 0 Å². The monoisotopic (exact) mass is 317 g/mol. The second-order valence-electron chi connectivity index (χ2n) is 5.95. The van der Waals surface area contributed by atoms with Crippen LogP contribution in [0.15, 0.2) is 15.4 Å². The molecule has 1 aromatic rings. The van der Waals surface area contributed by atoms with Crippen LogP contribution in [0.3, 0.4) is 0 Å². The van der Waals surface area contributed by atoms with Crippen molar-refractivity contribution in [3.8, 4) is 0 Å². The number of nitrogens with zero attached hydrogens (tertiary/aromatic N) is 1. The van der Waals surface area contributed by atoms with Gasteiger partial charge in [0.2, 0.25) is 15.8 Å². The van der Waals surface area contributed by atoms with Crippen molar-refractivity contribution in [3.05, 3.63) is 17.6 Å². The predicted octanol–water partition coefficient (Wildman–Crippen LogP) is 2.59. The van der Waals surface area contributed by atoms with Crippen molar-refractivity contribution in [3.63, 3.8) is 0 Å². The number of hydrogen-bond donors (Lipinski definition) is 1. The Labute approximate surface area is 125 Å². The van der Waals surface area contributed by atoms with Gasteiger partial charge >= 0.3 is 5.97 Å². The third kappa shape index (κ3) is 4.31. The molecule has 0 unspecified atom stereocenters. The number of hydrogen-bond acceptors (Lipinski definition) is 4. The van der Waals surface area contributed by atoms with Gasteiger partial charge in [0.1, 0.15) is 10.7 Å². The zero-order chi connectivity index (χ0) is 16.4. The van der Waals surface area contributed by atoms with Crippen LogP contribution in [0.5, 0.6) is 0 Å². The first-order valence-electron chi connectivity index (χ1n) is 6.89. The molecule has 0 bridgehead atoms. The molecular weight excluding hydrogens is 294 g/mol. The lowest BCUT2D eigenvalue weighted by Gasteiger charge is -2.25. The Morgan fingerprint density at radius 2 is 1.71 bits per heavy atom. The first-order valence-corrected chi connectivity index (χ1v) is 8.33. The zero-order valence-corrected chi connectivity index (χ0v) is 13.9. The van der Waals surface area contributed by atoms with Crippen LogP contribution in [0, 0.1) is 18.8 Å². The average Bonchev–Trinajstić information content (AvgIpc) is 2.70. The van der Waals surface area contributed by atoms with E-state index < -0.39 is 16.0 Å². The Morgan fingerprint density at radius 3 is 2.05 bits per heavy atom. The fourth-order valence-electron chi connectivity index (χ4n) is 2.05. The van der Waals surface area contributed by atoms with E-state index in [9.17, 15) is 13.2 Å². The Balaban J connectivity index is 3.24. The molecule has 0 atom stereocenters. The van der Waals surface area contributed by atoms with Gasteiger partial charge in [-0.3, -0.25) is 0 Å². The van der Waals surface area contributed by atoms with Gasteiger partial charge in [0.05, 0.1) is 0 Å². The maximum absolute atomic E-state index is 12.7. The number of carbonyl (C=O) groups is 1. The van der Waals surface area contributed by atoms with Gasteiger partial charge in [-0.2, -0.15) is 4.31 Å². The van der Waals surface area contributed by atoms with E-state index in [-0.39, 0.29) is 28.3 Å². The number of sulfonamides is 1. The van der Waals surface area contributed by atoms with Gasteiger partial charge < -0.3 is 9.52 Å². The molecule has 0 amide bonds. The van der Waals surface area contributed by atoms with Crippen LogP contribution in [0.25, 0.3) is 0 Å². The highest BCUT2D eigenvalue weighted by molar-refractivity contribution is 7.89. The van der Waals surface area contributed by atoms with Crippen molar-refractivity contribution < 1.29 is 22.7 Å². The summed E-state index contributed by atoms with van der Waals surface area (Å²) >= 11 is 0. The first-order chi connectivity index (χ1) is 9.55. The van der Waals surface area contributed by atoms with Gasteiger partial charge in [-0.25, -0.2) is 13.2 Å². The van der Waals surface area contributed by atoms with Gasteiger partial charge in [-0.15, -0.1) is 0 Å². The highest BCUT2D eigenvalue weighted by atomic mass is 32.2. The summed E-state index contributed by atoms with van der Waals surface area (Å²) in [7, 11) is -3.76. The molecule has 0 saturated carbocycles. The molecule has 0 aromatic carbocycles. The number of carboxylic acids is 1. The van der Waals surface area contributed by atoms with Crippen molar-refractivity contribution in [2.24, 2.45) is 11.8 Å². The topological polar surface area (TPSA) is 87.8 Å². The Bertz CT molecular complexity index is 591. The summed E-state index contributed by atoms with van der Waals surface area (Å²) in [4.78, 5) is 10.8. The van der Waals surface area contributed by atoms with E-state index in [0.717, 1.165) is 6.07 Å². The number of aryl methyl sites for hydroxylation is 1. The first kappa shape index (κ1) is 17.7. The van der Waals surface area contributed by atoms with E-state index in [1.165, 1.54) is 11.2 Å². The van der Waals surface area contributed by atoms with E-state index in [0.29, 0.717) is 13.1 Å². The van der Waals surface area contributed by atoms with Crippen molar-refractivity contribution >= 4 is 16.0 Å². The molecule has 0 saturated heterocycles. The maximum atomic E-state index is 12.7. The second-order valence-corrected chi connectivity index (χ2v) is 7.85. The fraction of sp³-hybridized carbons (Fsp3) is 0.643. The van der Waals surface area contributed by atoms with E-state index in [1.54, 1.807) is 0 Å². The van der Waals surface area contributed by atoms with Crippen LogP contribution in [0.2, 0.25) is 0 Å². The molecule has 7 heteroatoms. The van der Waals surface area contributed by atoms with Crippen molar-refractivity contribution in [2.75, 3.05) is 13.1 Å².